The summed E-state index contributed by atoms with van der Waals surface area (Å²) in [4.78, 5) is 11.7. The summed E-state index contributed by atoms with van der Waals surface area (Å²) in [5.41, 5.74) is 0. The monoisotopic (exact) mass is 366 g/mol. The van der Waals surface area contributed by atoms with Crippen molar-refractivity contribution in [2.45, 2.75) is 52.1 Å². The number of hydrogen-bond acceptors (Lipinski definition) is 3. The highest BCUT2D eigenvalue weighted by atomic mass is 35.5. The smallest absolute Gasteiger partial charge is 0.344 e. The molecule has 1 rings (SSSR count). The standard InChI is InChI=1S/C16H21Cl3O3/c1-3-4-5-6-7-11(2)22-16(20)10-21-15-9-13(18)12(17)8-14(15)19/h8-9,11H,3-7,10H2,1-2H3/t11-/m0/s1. The summed E-state index contributed by atoms with van der Waals surface area (Å²) in [6.45, 7) is 3.84. The molecule has 0 aliphatic heterocycles. The lowest BCUT2D eigenvalue weighted by Gasteiger charge is -2.14. The van der Waals surface area contributed by atoms with Crippen LogP contribution in [0.15, 0.2) is 12.1 Å². The van der Waals surface area contributed by atoms with Crippen LogP contribution in [0.5, 0.6) is 5.75 Å². The van der Waals surface area contributed by atoms with Crippen LogP contribution in [0.1, 0.15) is 46.0 Å². The Balaban J connectivity index is 2.35. The number of ether oxygens (including phenoxy) is 2. The number of benzene rings is 1. The normalized spacial score (nSPS) is 12.0. The highest BCUT2D eigenvalue weighted by molar-refractivity contribution is 6.43. The minimum absolute atomic E-state index is 0.114. The zero-order valence-corrected chi connectivity index (χ0v) is 15.1. The number of unbranched alkanes of at least 4 members (excludes halogenated alkanes) is 3. The second kappa shape index (κ2) is 10.2. The summed E-state index contributed by atoms with van der Waals surface area (Å²) in [6.07, 6.45) is 5.36. The summed E-state index contributed by atoms with van der Waals surface area (Å²) in [7, 11) is 0. The third-order valence-corrected chi connectivity index (χ3v) is 4.13. The molecule has 0 aromatic heterocycles. The van der Waals surface area contributed by atoms with E-state index in [1.165, 1.54) is 25.0 Å². The van der Waals surface area contributed by atoms with E-state index in [4.69, 9.17) is 44.3 Å². The summed E-state index contributed by atoms with van der Waals surface area (Å²) >= 11 is 17.7. The zero-order valence-electron chi connectivity index (χ0n) is 12.8. The van der Waals surface area contributed by atoms with Gasteiger partial charge in [0.25, 0.3) is 0 Å². The first-order valence-electron chi connectivity index (χ1n) is 7.40. The quantitative estimate of drug-likeness (QED) is 0.308. The van der Waals surface area contributed by atoms with E-state index in [0.717, 1.165) is 19.3 Å². The summed E-state index contributed by atoms with van der Waals surface area (Å²) in [6, 6.07) is 2.95. The first kappa shape index (κ1) is 19.4. The van der Waals surface area contributed by atoms with Gasteiger partial charge in [0.1, 0.15) is 5.75 Å². The van der Waals surface area contributed by atoms with Crippen molar-refractivity contribution >= 4 is 40.8 Å². The molecule has 0 aliphatic rings. The lowest BCUT2D eigenvalue weighted by atomic mass is 10.1. The van der Waals surface area contributed by atoms with Crippen molar-refractivity contribution in [1.82, 2.24) is 0 Å². The van der Waals surface area contributed by atoms with Crippen LogP contribution >= 0.6 is 34.8 Å². The lowest BCUT2D eigenvalue weighted by molar-refractivity contribution is -0.150. The van der Waals surface area contributed by atoms with Gasteiger partial charge in [0.2, 0.25) is 0 Å². The molecule has 0 amide bonds. The van der Waals surface area contributed by atoms with Crippen molar-refractivity contribution in [3.63, 3.8) is 0 Å². The van der Waals surface area contributed by atoms with Gasteiger partial charge in [-0.05, 0) is 25.8 Å². The number of carbonyl (C=O) groups excluding carboxylic acids is 1. The van der Waals surface area contributed by atoms with Crippen LogP contribution in [-0.4, -0.2) is 18.7 Å². The number of hydrogen-bond donors (Lipinski definition) is 0. The topological polar surface area (TPSA) is 35.5 Å². The molecule has 0 heterocycles. The Labute approximate surface area is 146 Å². The maximum absolute atomic E-state index is 11.7. The Hall–Kier alpha value is -0.640. The van der Waals surface area contributed by atoms with Gasteiger partial charge in [0.15, 0.2) is 6.61 Å². The SMILES string of the molecule is CCCCCC[C@H](C)OC(=O)COc1cc(Cl)c(Cl)cc1Cl. The summed E-state index contributed by atoms with van der Waals surface area (Å²) < 4.78 is 10.6. The van der Waals surface area contributed by atoms with Crippen molar-refractivity contribution < 1.29 is 14.3 Å². The summed E-state index contributed by atoms with van der Waals surface area (Å²) in [5, 5.41) is 0.954. The number of rotatable bonds is 9. The second-order valence-corrected chi connectivity index (χ2v) is 6.36. The summed E-state index contributed by atoms with van der Waals surface area (Å²) in [5.74, 6) is -0.117. The minimum Gasteiger partial charge on any atom is -0.480 e. The molecule has 0 spiro atoms. The van der Waals surface area contributed by atoms with Gasteiger partial charge in [-0.1, -0.05) is 61.0 Å². The zero-order chi connectivity index (χ0) is 16.5. The Morgan fingerprint density at radius 2 is 1.77 bits per heavy atom. The molecular formula is C16H21Cl3O3. The molecule has 0 aliphatic carbocycles. The minimum atomic E-state index is -0.426. The van der Waals surface area contributed by atoms with Crippen LogP contribution < -0.4 is 4.74 Å². The average molecular weight is 368 g/mol. The Morgan fingerprint density at radius 3 is 2.45 bits per heavy atom. The van der Waals surface area contributed by atoms with Crippen molar-refractivity contribution in [1.29, 1.82) is 0 Å². The van der Waals surface area contributed by atoms with E-state index >= 15 is 0 Å². The van der Waals surface area contributed by atoms with E-state index < -0.39 is 5.97 Å². The predicted octanol–water partition coefficient (Wildman–Crippen LogP) is 5.93. The van der Waals surface area contributed by atoms with Crippen molar-refractivity contribution in [3.8, 4) is 5.75 Å². The fourth-order valence-corrected chi connectivity index (χ4v) is 2.52. The van der Waals surface area contributed by atoms with Gasteiger partial charge in [-0.25, -0.2) is 4.79 Å². The Morgan fingerprint density at radius 1 is 1.09 bits per heavy atom. The van der Waals surface area contributed by atoms with E-state index in [1.807, 2.05) is 6.92 Å². The molecule has 6 heteroatoms. The molecule has 1 aromatic rings. The van der Waals surface area contributed by atoms with Crippen LogP contribution in [0, 0.1) is 0 Å². The molecule has 1 atom stereocenters. The first-order valence-corrected chi connectivity index (χ1v) is 8.54. The predicted molar refractivity (Wildman–Crippen MR) is 91.3 cm³/mol. The van der Waals surface area contributed by atoms with Crippen molar-refractivity contribution in [3.05, 3.63) is 27.2 Å². The Bertz CT molecular complexity index is 492. The van der Waals surface area contributed by atoms with Crippen LogP contribution in [0.25, 0.3) is 0 Å². The van der Waals surface area contributed by atoms with Crippen LogP contribution in [0.2, 0.25) is 15.1 Å². The number of carbonyl (C=O) groups is 1. The maximum atomic E-state index is 11.7. The van der Waals surface area contributed by atoms with E-state index in [0.29, 0.717) is 20.8 Å². The van der Waals surface area contributed by atoms with Crippen molar-refractivity contribution in [2.75, 3.05) is 6.61 Å². The highest BCUT2D eigenvalue weighted by Crippen LogP contribution is 2.33. The average Bonchev–Trinajstić information content (AvgIpc) is 2.46. The molecule has 0 bridgehead atoms. The van der Waals surface area contributed by atoms with E-state index in [-0.39, 0.29) is 12.7 Å². The van der Waals surface area contributed by atoms with E-state index in [9.17, 15) is 4.79 Å². The van der Waals surface area contributed by atoms with Crippen molar-refractivity contribution in [2.24, 2.45) is 0 Å². The fraction of sp³-hybridized carbons (Fsp3) is 0.562. The molecule has 124 valence electrons. The number of esters is 1. The molecule has 0 radical (unpaired) electrons. The molecule has 22 heavy (non-hydrogen) atoms. The van der Waals surface area contributed by atoms with E-state index in [2.05, 4.69) is 6.92 Å². The molecule has 0 saturated heterocycles. The molecule has 0 fully saturated rings. The highest BCUT2D eigenvalue weighted by Gasteiger charge is 2.12. The van der Waals surface area contributed by atoms with Gasteiger partial charge < -0.3 is 9.47 Å². The molecule has 0 saturated carbocycles. The van der Waals surface area contributed by atoms with Gasteiger partial charge in [0, 0.05) is 6.07 Å². The van der Waals surface area contributed by atoms with Gasteiger partial charge in [-0.15, -0.1) is 0 Å². The van der Waals surface area contributed by atoms with Gasteiger partial charge in [0.05, 0.1) is 21.2 Å². The van der Waals surface area contributed by atoms with Gasteiger partial charge in [-0.2, -0.15) is 0 Å². The molecule has 1 aromatic carbocycles. The first-order chi connectivity index (χ1) is 10.4. The largest absolute Gasteiger partial charge is 0.480 e. The molecular weight excluding hydrogens is 347 g/mol. The van der Waals surface area contributed by atoms with Gasteiger partial charge >= 0.3 is 5.97 Å². The third-order valence-electron chi connectivity index (χ3n) is 3.12. The molecule has 0 unspecified atom stereocenters. The van der Waals surface area contributed by atoms with E-state index in [1.54, 1.807) is 0 Å². The number of halogens is 3. The fourth-order valence-electron chi connectivity index (χ4n) is 1.93. The molecule has 0 N–H and O–H groups in total. The maximum Gasteiger partial charge on any atom is 0.344 e. The second-order valence-electron chi connectivity index (χ2n) is 5.14. The lowest BCUT2D eigenvalue weighted by Crippen LogP contribution is -2.20. The van der Waals surface area contributed by atoms with Gasteiger partial charge in [-0.3, -0.25) is 0 Å². The van der Waals surface area contributed by atoms with Crippen LogP contribution in [0.4, 0.5) is 0 Å². The Kier molecular flexibility index (Phi) is 8.99. The molecule has 3 nitrogen and oxygen atoms in total. The van der Waals surface area contributed by atoms with Crippen LogP contribution in [0.3, 0.4) is 0 Å². The third kappa shape index (κ3) is 7.08. The van der Waals surface area contributed by atoms with Crippen LogP contribution in [-0.2, 0) is 9.53 Å².